The van der Waals surface area contributed by atoms with E-state index in [1.807, 2.05) is 26.0 Å². The Hall–Kier alpha value is -1.95. The molecule has 2 heterocycles. The van der Waals surface area contributed by atoms with E-state index in [-0.39, 0.29) is 12.5 Å². The van der Waals surface area contributed by atoms with E-state index in [2.05, 4.69) is 15.1 Å². The highest BCUT2D eigenvalue weighted by molar-refractivity contribution is 5.19. The third-order valence-corrected chi connectivity index (χ3v) is 2.37. The first-order valence-electron chi connectivity index (χ1n) is 5.79. The van der Waals surface area contributed by atoms with Gasteiger partial charge in [-0.05, 0) is 12.1 Å². The van der Waals surface area contributed by atoms with E-state index in [4.69, 9.17) is 15.0 Å². The molecule has 2 N–H and O–H groups in total. The molecule has 0 spiro atoms. The van der Waals surface area contributed by atoms with E-state index in [0.717, 1.165) is 5.69 Å². The van der Waals surface area contributed by atoms with E-state index < -0.39 is 0 Å². The lowest BCUT2D eigenvalue weighted by Gasteiger charge is -2.02. The molecule has 6 nitrogen and oxygen atoms in total. The molecule has 0 radical (unpaired) electrons. The van der Waals surface area contributed by atoms with Gasteiger partial charge in [-0.3, -0.25) is 4.98 Å². The third-order valence-electron chi connectivity index (χ3n) is 2.37. The van der Waals surface area contributed by atoms with Crippen LogP contribution in [-0.4, -0.2) is 15.1 Å². The summed E-state index contributed by atoms with van der Waals surface area (Å²) in [5, 5.41) is 3.86. The van der Waals surface area contributed by atoms with Gasteiger partial charge in [-0.15, -0.1) is 0 Å². The SMILES string of the molecule is CC(C)c1noc(COc2ccc(CN)nc2)n1. The lowest BCUT2D eigenvalue weighted by molar-refractivity contribution is 0.241. The van der Waals surface area contributed by atoms with Crippen LogP contribution in [-0.2, 0) is 13.2 Å². The Labute approximate surface area is 105 Å². The van der Waals surface area contributed by atoms with Gasteiger partial charge in [0.2, 0.25) is 0 Å². The second-order valence-corrected chi connectivity index (χ2v) is 4.18. The van der Waals surface area contributed by atoms with Gasteiger partial charge in [0.25, 0.3) is 5.89 Å². The molecule has 0 aromatic carbocycles. The molecule has 2 rings (SSSR count). The zero-order valence-electron chi connectivity index (χ0n) is 10.5. The predicted octanol–water partition coefficient (Wildman–Crippen LogP) is 1.63. The van der Waals surface area contributed by atoms with Gasteiger partial charge in [0, 0.05) is 12.5 Å². The zero-order chi connectivity index (χ0) is 13.0. The molecule has 0 saturated heterocycles. The molecule has 0 fully saturated rings. The fourth-order valence-corrected chi connectivity index (χ4v) is 1.32. The lowest BCUT2D eigenvalue weighted by atomic mass is 10.2. The van der Waals surface area contributed by atoms with E-state index >= 15 is 0 Å². The Morgan fingerprint density at radius 3 is 2.78 bits per heavy atom. The molecule has 2 aromatic heterocycles. The maximum absolute atomic E-state index is 5.49. The van der Waals surface area contributed by atoms with Crippen molar-refractivity contribution in [3.05, 3.63) is 35.7 Å². The molecule has 0 bridgehead atoms. The van der Waals surface area contributed by atoms with Crippen LogP contribution in [0.2, 0.25) is 0 Å². The molecule has 0 aliphatic carbocycles. The van der Waals surface area contributed by atoms with Crippen LogP contribution in [0, 0.1) is 0 Å². The summed E-state index contributed by atoms with van der Waals surface area (Å²) in [5.41, 5.74) is 6.28. The first kappa shape index (κ1) is 12.5. The minimum Gasteiger partial charge on any atom is -0.482 e. The molecule has 0 aliphatic heterocycles. The van der Waals surface area contributed by atoms with Gasteiger partial charge in [0.1, 0.15) is 5.75 Å². The second-order valence-electron chi connectivity index (χ2n) is 4.18. The molecule has 96 valence electrons. The lowest BCUT2D eigenvalue weighted by Crippen LogP contribution is -2.00. The molecule has 0 unspecified atom stereocenters. The van der Waals surface area contributed by atoms with Crippen molar-refractivity contribution < 1.29 is 9.26 Å². The smallest absolute Gasteiger partial charge is 0.264 e. The molecular formula is C12H16N4O2. The number of nitrogens with zero attached hydrogens (tertiary/aromatic N) is 3. The highest BCUT2D eigenvalue weighted by Crippen LogP contribution is 2.13. The van der Waals surface area contributed by atoms with Gasteiger partial charge in [-0.25, -0.2) is 0 Å². The first-order chi connectivity index (χ1) is 8.69. The number of aromatic nitrogens is 3. The highest BCUT2D eigenvalue weighted by atomic mass is 16.5. The molecule has 0 atom stereocenters. The van der Waals surface area contributed by atoms with Crippen molar-refractivity contribution in [2.45, 2.75) is 32.9 Å². The summed E-state index contributed by atoms with van der Waals surface area (Å²) in [6.07, 6.45) is 1.63. The molecule has 18 heavy (non-hydrogen) atoms. The standard InChI is InChI=1S/C12H16N4O2/c1-8(2)12-15-11(18-16-12)7-17-10-4-3-9(5-13)14-6-10/h3-4,6,8H,5,7,13H2,1-2H3. The molecule has 0 saturated carbocycles. The average molecular weight is 248 g/mol. The summed E-state index contributed by atoms with van der Waals surface area (Å²) in [5.74, 6) is 2.04. The summed E-state index contributed by atoms with van der Waals surface area (Å²) in [6, 6.07) is 3.64. The number of pyridine rings is 1. The van der Waals surface area contributed by atoms with Gasteiger partial charge in [-0.1, -0.05) is 19.0 Å². The molecule has 0 amide bonds. The molecule has 6 heteroatoms. The Balaban J connectivity index is 1.93. The summed E-state index contributed by atoms with van der Waals surface area (Å²) < 4.78 is 10.6. The molecule has 0 aliphatic rings. The van der Waals surface area contributed by atoms with E-state index in [9.17, 15) is 0 Å². The normalized spacial score (nSPS) is 10.9. The van der Waals surface area contributed by atoms with Crippen LogP contribution in [0.15, 0.2) is 22.9 Å². The van der Waals surface area contributed by atoms with Crippen LogP contribution in [0.4, 0.5) is 0 Å². The predicted molar refractivity (Wildman–Crippen MR) is 64.8 cm³/mol. The van der Waals surface area contributed by atoms with Crippen LogP contribution in [0.25, 0.3) is 0 Å². The number of ether oxygens (including phenoxy) is 1. The van der Waals surface area contributed by atoms with Crippen LogP contribution in [0.3, 0.4) is 0 Å². The zero-order valence-corrected chi connectivity index (χ0v) is 10.5. The number of hydrogen-bond acceptors (Lipinski definition) is 6. The number of hydrogen-bond donors (Lipinski definition) is 1. The maximum Gasteiger partial charge on any atom is 0.264 e. The van der Waals surface area contributed by atoms with E-state index in [0.29, 0.717) is 24.0 Å². The van der Waals surface area contributed by atoms with Gasteiger partial charge in [0.05, 0.1) is 11.9 Å². The van der Waals surface area contributed by atoms with Crippen molar-refractivity contribution in [3.63, 3.8) is 0 Å². The Kier molecular flexibility index (Phi) is 3.88. The number of rotatable bonds is 5. The fraction of sp³-hybridized carbons (Fsp3) is 0.417. The second kappa shape index (κ2) is 5.59. The van der Waals surface area contributed by atoms with Gasteiger partial charge >= 0.3 is 0 Å². The summed E-state index contributed by atoms with van der Waals surface area (Å²) in [7, 11) is 0. The van der Waals surface area contributed by atoms with Crippen LogP contribution < -0.4 is 10.5 Å². The topological polar surface area (TPSA) is 87.1 Å². The van der Waals surface area contributed by atoms with E-state index in [1.54, 1.807) is 6.20 Å². The Morgan fingerprint density at radius 2 is 2.22 bits per heavy atom. The van der Waals surface area contributed by atoms with Gasteiger partial charge < -0.3 is 15.0 Å². The van der Waals surface area contributed by atoms with Crippen LogP contribution >= 0.6 is 0 Å². The third kappa shape index (κ3) is 3.04. The maximum atomic E-state index is 5.49. The van der Waals surface area contributed by atoms with Gasteiger partial charge in [0.15, 0.2) is 12.4 Å². The minimum absolute atomic E-state index is 0.239. The molecular weight excluding hydrogens is 232 g/mol. The van der Waals surface area contributed by atoms with Crippen molar-refractivity contribution in [1.29, 1.82) is 0 Å². The van der Waals surface area contributed by atoms with Gasteiger partial charge in [-0.2, -0.15) is 4.98 Å². The van der Waals surface area contributed by atoms with Crippen LogP contribution in [0.5, 0.6) is 5.75 Å². The van der Waals surface area contributed by atoms with Crippen LogP contribution in [0.1, 0.15) is 37.2 Å². The summed E-state index contributed by atoms with van der Waals surface area (Å²) >= 11 is 0. The fourth-order valence-electron chi connectivity index (χ4n) is 1.32. The van der Waals surface area contributed by atoms with E-state index in [1.165, 1.54) is 0 Å². The quantitative estimate of drug-likeness (QED) is 0.865. The minimum atomic E-state index is 0.239. The van der Waals surface area contributed by atoms with Crippen molar-refractivity contribution in [1.82, 2.24) is 15.1 Å². The summed E-state index contributed by atoms with van der Waals surface area (Å²) in [6.45, 7) is 4.67. The Bertz CT molecular complexity index is 493. The first-order valence-corrected chi connectivity index (χ1v) is 5.79. The van der Waals surface area contributed by atoms with Crippen molar-refractivity contribution >= 4 is 0 Å². The highest BCUT2D eigenvalue weighted by Gasteiger charge is 2.09. The summed E-state index contributed by atoms with van der Waals surface area (Å²) in [4.78, 5) is 8.34. The van der Waals surface area contributed by atoms with Crippen molar-refractivity contribution in [2.24, 2.45) is 5.73 Å². The van der Waals surface area contributed by atoms with Crippen molar-refractivity contribution in [2.75, 3.05) is 0 Å². The average Bonchev–Trinajstić information content (AvgIpc) is 2.86. The molecule has 2 aromatic rings. The Morgan fingerprint density at radius 1 is 1.39 bits per heavy atom. The monoisotopic (exact) mass is 248 g/mol. The number of nitrogens with two attached hydrogens (primary N) is 1. The largest absolute Gasteiger partial charge is 0.482 e. The van der Waals surface area contributed by atoms with Crippen molar-refractivity contribution in [3.8, 4) is 5.75 Å².